The van der Waals surface area contributed by atoms with Gasteiger partial charge in [0.2, 0.25) is 0 Å². The van der Waals surface area contributed by atoms with Gasteiger partial charge in [-0.05, 0) is 52.3 Å². The second kappa shape index (κ2) is 5.24. The number of carbonyl (C=O) groups is 1. The predicted octanol–water partition coefficient (Wildman–Crippen LogP) is 3.98. The van der Waals surface area contributed by atoms with E-state index in [4.69, 9.17) is 0 Å². The van der Waals surface area contributed by atoms with Crippen molar-refractivity contribution >= 4 is 11.8 Å². The van der Waals surface area contributed by atoms with Crippen LogP contribution in [0.15, 0.2) is 24.3 Å². The number of nitrogens with zero attached hydrogens (tertiary/aromatic N) is 2. The van der Waals surface area contributed by atoms with Gasteiger partial charge in [-0.25, -0.2) is 4.79 Å². The highest BCUT2D eigenvalue weighted by atomic mass is 16.4. The van der Waals surface area contributed by atoms with Gasteiger partial charge in [-0.2, -0.15) is 5.10 Å². The zero-order valence-electron chi connectivity index (χ0n) is 13.1. The van der Waals surface area contributed by atoms with Gasteiger partial charge in [0.25, 0.3) is 0 Å². The first-order valence-electron chi connectivity index (χ1n) is 6.87. The predicted molar refractivity (Wildman–Crippen MR) is 83.8 cm³/mol. The smallest absolute Gasteiger partial charge is 0.412 e. The Bertz CT molecular complexity index is 632. The van der Waals surface area contributed by atoms with Crippen LogP contribution in [0.1, 0.15) is 32.2 Å². The molecule has 0 aliphatic heterocycles. The number of carboxylic acid groups (broad SMARTS) is 1. The maximum atomic E-state index is 11.5. The number of nitrogens with one attached hydrogen (secondary N) is 1. The molecule has 1 amide bonds. The molecule has 0 radical (unpaired) electrons. The minimum absolute atomic E-state index is 0.491. The molecule has 5 heteroatoms. The molecule has 21 heavy (non-hydrogen) atoms. The monoisotopic (exact) mass is 287 g/mol. The number of aromatic amines is 1. The SMILES string of the molecule is Cc1n[nH]c(C)c1-c1ccc(N(C(=O)O)C(C)(C)C)cc1. The fourth-order valence-electron chi connectivity index (χ4n) is 2.54. The maximum Gasteiger partial charge on any atom is 0.412 e. The molecular weight excluding hydrogens is 266 g/mol. The van der Waals surface area contributed by atoms with Gasteiger partial charge in [0.1, 0.15) is 0 Å². The summed E-state index contributed by atoms with van der Waals surface area (Å²) < 4.78 is 0. The van der Waals surface area contributed by atoms with Crippen LogP contribution in [0.4, 0.5) is 10.5 Å². The number of rotatable bonds is 2. The first kappa shape index (κ1) is 15.1. The molecule has 0 aliphatic rings. The number of H-pyrrole nitrogens is 1. The number of hydrogen-bond acceptors (Lipinski definition) is 2. The number of aryl methyl sites for hydroxylation is 2. The Morgan fingerprint density at radius 2 is 1.76 bits per heavy atom. The summed E-state index contributed by atoms with van der Waals surface area (Å²) in [6.07, 6.45) is -0.953. The molecule has 0 atom stereocenters. The van der Waals surface area contributed by atoms with E-state index in [0.29, 0.717) is 5.69 Å². The van der Waals surface area contributed by atoms with Crippen LogP contribution in [0.5, 0.6) is 0 Å². The molecule has 112 valence electrons. The van der Waals surface area contributed by atoms with Crippen molar-refractivity contribution in [3.8, 4) is 11.1 Å². The van der Waals surface area contributed by atoms with Gasteiger partial charge >= 0.3 is 6.09 Å². The molecule has 1 aromatic heterocycles. The van der Waals surface area contributed by atoms with Crippen molar-refractivity contribution in [2.24, 2.45) is 0 Å². The maximum absolute atomic E-state index is 11.5. The van der Waals surface area contributed by atoms with Gasteiger partial charge in [-0.3, -0.25) is 10.00 Å². The first-order chi connectivity index (χ1) is 9.71. The fraction of sp³-hybridized carbons (Fsp3) is 0.375. The first-order valence-corrected chi connectivity index (χ1v) is 6.87. The van der Waals surface area contributed by atoms with E-state index in [2.05, 4.69) is 10.2 Å². The van der Waals surface area contributed by atoms with E-state index in [1.165, 1.54) is 4.90 Å². The van der Waals surface area contributed by atoms with Crippen LogP contribution in [0.3, 0.4) is 0 Å². The second-order valence-electron chi connectivity index (χ2n) is 6.14. The Balaban J connectivity index is 2.41. The highest BCUT2D eigenvalue weighted by Gasteiger charge is 2.27. The normalized spacial score (nSPS) is 11.5. The molecule has 0 saturated heterocycles. The lowest BCUT2D eigenvalue weighted by Crippen LogP contribution is -2.45. The van der Waals surface area contributed by atoms with Crippen molar-refractivity contribution in [3.63, 3.8) is 0 Å². The molecule has 2 rings (SSSR count). The van der Waals surface area contributed by atoms with Crippen molar-refractivity contribution in [3.05, 3.63) is 35.7 Å². The lowest BCUT2D eigenvalue weighted by molar-refractivity contribution is 0.195. The van der Waals surface area contributed by atoms with Crippen molar-refractivity contribution in [1.29, 1.82) is 0 Å². The summed E-state index contributed by atoms with van der Waals surface area (Å²) in [6, 6.07) is 7.53. The van der Waals surface area contributed by atoms with Crippen LogP contribution in [-0.4, -0.2) is 26.9 Å². The average molecular weight is 287 g/mol. The van der Waals surface area contributed by atoms with E-state index < -0.39 is 11.6 Å². The van der Waals surface area contributed by atoms with Crippen LogP contribution in [-0.2, 0) is 0 Å². The van der Waals surface area contributed by atoms with Crippen LogP contribution < -0.4 is 4.90 Å². The van der Waals surface area contributed by atoms with Gasteiger partial charge < -0.3 is 5.11 Å². The van der Waals surface area contributed by atoms with E-state index in [-0.39, 0.29) is 0 Å². The van der Waals surface area contributed by atoms with Crippen molar-refractivity contribution in [2.45, 2.75) is 40.2 Å². The zero-order valence-corrected chi connectivity index (χ0v) is 13.1. The molecule has 0 bridgehead atoms. The molecule has 0 saturated carbocycles. The summed E-state index contributed by atoms with van der Waals surface area (Å²) >= 11 is 0. The molecule has 5 nitrogen and oxygen atoms in total. The standard InChI is InChI=1S/C16H21N3O2/c1-10-14(11(2)18-17-10)12-6-8-13(9-7-12)19(15(20)21)16(3,4)5/h6-9H,1-5H3,(H,17,18)(H,20,21). The Hall–Kier alpha value is -2.30. The van der Waals surface area contributed by atoms with Gasteiger partial charge in [0, 0.05) is 22.5 Å². The second-order valence-corrected chi connectivity index (χ2v) is 6.14. The summed E-state index contributed by atoms with van der Waals surface area (Å²) in [6.45, 7) is 9.55. The van der Waals surface area contributed by atoms with Crippen molar-refractivity contribution in [1.82, 2.24) is 10.2 Å². The van der Waals surface area contributed by atoms with Gasteiger partial charge in [-0.15, -0.1) is 0 Å². The summed E-state index contributed by atoms with van der Waals surface area (Å²) in [5.41, 5.74) is 4.21. The highest BCUT2D eigenvalue weighted by molar-refractivity contribution is 5.88. The van der Waals surface area contributed by atoms with E-state index in [0.717, 1.165) is 22.5 Å². The highest BCUT2D eigenvalue weighted by Crippen LogP contribution is 2.29. The minimum Gasteiger partial charge on any atom is -0.465 e. The van der Waals surface area contributed by atoms with Crippen molar-refractivity contribution in [2.75, 3.05) is 4.90 Å². The van der Waals surface area contributed by atoms with E-state index >= 15 is 0 Å². The lowest BCUT2D eigenvalue weighted by Gasteiger charge is -2.33. The Kier molecular flexibility index (Phi) is 3.77. The molecule has 0 fully saturated rings. The largest absolute Gasteiger partial charge is 0.465 e. The molecule has 1 aromatic carbocycles. The Morgan fingerprint density at radius 1 is 1.19 bits per heavy atom. The Morgan fingerprint density at radius 3 is 2.14 bits per heavy atom. The molecule has 2 aromatic rings. The Labute approximate surface area is 124 Å². The lowest BCUT2D eigenvalue weighted by atomic mass is 10.0. The fourth-order valence-corrected chi connectivity index (χ4v) is 2.54. The third kappa shape index (κ3) is 2.91. The topological polar surface area (TPSA) is 69.2 Å². The summed E-state index contributed by atoms with van der Waals surface area (Å²) in [5.74, 6) is 0. The van der Waals surface area contributed by atoms with Crippen molar-refractivity contribution < 1.29 is 9.90 Å². The quantitative estimate of drug-likeness (QED) is 0.877. The molecule has 1 heterocycles. The van der Waals surface area contributed by atoms with E-state index in [1.807, 2.05) is 58.9 Å². The number of amides is 1. The number of anilines is 1. The molecule has 0 unspecified atom stereocenters. The molecule has 0 aliphatic carbocycles. The molecule has 0 spiro atoms. The van der Waals surface area contributed by atoms with Crippen LogP contribution >= 0.6 is 0 Å². The average Bonchev–Trinajstić information content (AvgIpc) is 2.68. The third-order valence-electron chi connectivity index (χ3n) is 3.40. The van der Waals surface area contributed by atoms with E-state index in [1.54, 1.807) is 0 Å². The van der Waals surface area contributed by atoms with Gasteiger partial charge in [-0.1, -0.05) is 12.1 Å². The summed E-state index contributed by atoms with van der Waals surface area (Å²) in [7, 11) is 0. The van der Waals surface area contributed by atoms with Gasteiger partial charge in [0.15, 0.2) is 0 Å². The zero-order chi connectivity index (χ0) is 15.8. The molecule has 2 N–H and O–H groups in total. The van der Waals surface area contributed by atoms with Gasteiger partial charge in [0.05, 0.1) is 5.69 Å². The number of aromatic nitrogens is 2. The van der Waals surface area contributed by atoms with Crippen LogP contribution in [0.25, 0.3) is 11.1 Å². The minimum atomic E-state index is -0.953. The summed E-state index contributed by atoms with van der Waals surface area (Å²) in [4.78, 5) is 12.8. The molecular formula is C16H21N3O2. The van der Waals surface area contributed by atoms with Crippen LogP contribution in [0.2, 0.25) is 0 Å². The third-order valence-corrected chi connectivity index (χ3v) is 3.40. The summed E-state index contributed by atoms with van der Waals surface area (Å²) in [5, 5.41) is 16.6. The van der Waals surface area contributed by atoms with E-state index in [9.17, 15) is 9.90 Å². The van der Waals surface area contributed by atoms with Crippen LogP contribution in [0, 0.1) is 13.8 Å². The number of benzene rings is 1. The number of hydrogen-bond donors (Lipinski definition) is 2.